The van der Waals surface area contributed by atoms with Gasteiger partial charge in [-0.15, -0.1) is 0 Å². The van der Waals surface area contributed by atoms with Crippen LogP contribution in [-0.4, -0.2) is 43.7 Å². The zero-order valence-corrected chi connectivity index (χ0v) is 15.7. The van der Waals surface area contributed by atoms with E-state index in [9.17, 15) is 27.6 Å². The molecule has 1 aliphatic heterocycles. The molecule has 0 aromatic heterocycles. The number of amides is 2. The fourth-order valence-electron chi connectivity index (χ4n) is 2.97. The molecule has 0 unspecified atom stereocenters. The quantitative estimate of drug-likeness (QED) is 0.715. The van der Waals surface area contributed by atoms with Crippen molar-refractivity contribution in [1.29, 1.82) is 0 Å². The maximum Gasteiger partial charge on any atom is 0.405 e. The van der Waals surface area contributed by atoms with Gasteiger partial charge >= 0.3 is 12.1 Å². The lowest BCUT2D eigenvalue weighted by Gasteiger charge is -2.23. The molecule has 1 N–H and O–H groups in total. The smallest absolute Gasteiger partial charge is 0.405 e. The molecule has 2 rings (SSSR count). The molecule has 1 heterocycles. The normalized spacial score (nSPS) is 18.1. The number of nitrogens with zero attached hydrogens (tertiary/aromatic N) is 1. The third kappa shape index (κ3) is 5.71. The van der Waals surface area contributed by atoms with Gasteiger partial charge in [-0.05, 0) is 24.0 Å². The number of alkyl halides is 3. The van der Waals surface area contributed by atoms with Gasteiger partial charge in [-0.25, -0.2) is 0 Å². The predicted molar refractivity (Wildman–Crippen MR) is 95.6 cm³/mol. The van der Waals surface area contributed by atoms with Crippen molar-refractivity contribution in [1.82, 2.24) is 5.32 Å². The van der Waals surface area contributed by atoms with Crippen molar-refractivity contribution < 1.29 is 32.3 Å². The first-order valence-corrected chi connectivity index (χ1v) is 9.01. The number of nitrogens with one attached hydrogen (secondary N) is 1. The number of carbonyl (C=O) groups is 3. The second kappa shape index (κ2) is 9.07. The molecule has 0 radical (unpaired) electrons. The summed E-state index contributed by atoms with van der Waals surface area (Å²) in [4.78, 5) is 37.4. The fourth-order valence-corrected chi connectivity index (χ4v) is 2.97. The third-order valence-electron chi connectivity index (χ3n) is 4.66. The Bertz CT molecular complexity index is 736. The molecule has 28 heavy (non-hydrogen) atoms. The van der Waals surface area contributed by atoms with Crippen molar-refractivity contribution in [2.45, 2.75) is 38.8 Å². The van der Waals surface area contributed by atoms with E-state index in [0.29, 0.717) is 0 Å². The maximum atomic E-state index is 12.4. The van der Waals surface area contributed by atoms with Crippen molar-refractivity contribution in [3.63, 3.8) is 0 Å². The summed E-state index contributed by atoms with van der Waals surface area (Å²) in [6.07, 6.45) is -3.73. The molecule has 0 aliphatic carbocycles. The Morgan fingerprint density at radius 3 is 2.64 bits per heavy atom. The lowest BCUT2D eigenvalue weighted by molar-refractivity contribution is -0.154. The number of halogens is 3. The highest BCUT2D eigenvalue weighted by molar-refractivity contribution is 6.00. The molecule has 1 fully saturated rings. The zero-order chi connectivity index (χ0) is 20.9. The molecule has 1 aromatic carbocycles. The van der Waals surface area contributed by atoms with Crippen LogP contribution in [0, 0.1) is 5.92 Å². The molecule has 1 aliphatic rings. The Labute approximate surface area is 161 Å². The molecule has 0 spiro atoms. The Hall–Kier alpha value is -2.58. The minimum Gasteiger partial charge on any atom is -0.455 e. The van der Waals surface area contributed by atoms with Crippen LogP contribution in [0.2, 0.25) is 0 Å². The van der Waals surface area contributed by atoms with Gasteiger partial charge in [0.2, 0.25) is 5.91 Å². The van der Waals surface area contributed by atoms with E-state index in [1.54, 1.807) is 5.32 Å². The Kier molecular flexibility index (Phi) is 7.04. The van der Waals surface area contributed by atoms with Gasteiger partial charge in [-0.3, -0.25) is 14.4 Å². The number of benzene rings is 1. The first-order valence-electron chi connectivity index (χ1n) is 9.01. The van der Waals surface area contributed by atoms with Crippen LogP contribution in [0.1, 0.15) is 38.2 Å². The van der Waals surface area contributed by atoms with E-state index in [0.717, 1.165) is 17.7 Å². The average molecular weight is 400 g/mol. The van der Waals surface area contributed by atoms with Crippen molar-refractivity contribution in [3.05, 3.63) is 29.8 Å². The molecule has 0 saturated carbocycles. The van der Waals surface area contributed by atoms with Crippen LogP contribution in [0.25, 0.3) is 0 Å². The van der Waals surface area contributed by atoms with Gasteiger partial charge in [0.25, 0.3) is 5.91 Å². The SMILES string of the molecule is CC[C@@H](C)c1ccccc1N1C[C@H](C(=O)OCC(=O)NCC(F)(F)F)CC1=O. The summed E-state index contributed by atoms with van der Waals surface area (Å²) in [7, 11) is 0. The first kappa shape index (κ1) is 21.7. The van der Waals surface area contributed by atoms with Crippen LogP contribution in [0.4, 0.5) is 18.9 Å². The summed E-state index contributed by atoms with van der Waals surface area (Å²) in [6, 6.07) is 7.45. The summed E-state index contributed by atoms with van der Waals surface area (Å²) >= 11 is 0. The number of hydrogen-bond acceptors (Lipinski definition) is 4. The highest BCUT2D eigenvalue weighted by Crippen LogP contribution is 2.33. The van der Waals surface area contributed by atoms with Gasteiger partial charge in [0.1, 0.15) is 6.54 Å². The standard InChI is InChI=1S/C19H23F3N2O4/c1-3-12(2)14-6-4-5-7-15(14)24-9-13(8-17(24)26)18(27)28-10-16(25)23-11-19(20,21)22/h4-7,12-13H,3,8-11H2,1-2H3,(H,23,25)/t12-,13-/m1/s1. The van der Waals surface area contributed by atoms with Crippen LogP contribution >= 0.6 is 0 Å². The van der Waals surface area contributed by atoms with E-state index in [1.165, 1.54) is 4.90 Å². The third-order valence-corrected chi connectivity index (χ3v) is 4.66. The molecule has 9 heteroatoms. The summed E-state index contributed by atoms with van der Waals surface area (Å²) in [5.41, 5.74) is 1.74. The van der Waals surface area contributed by atoms with E-state index in [1.807, 2.05) is 38.1 Å². The topological polar surface area (TPSA) is 75.7 Å². The van der Waals surface area contributed by atoms with Crippen LogP contribution in [0.3, 0.4) is 0 Å². The minimum atomic E-state index is -4.54. The number of carbonyl (C=O) groups excluding carboxylic acids is 3. The molecule has 2 amide bonds. The minimum absolute atomic E-state index is 0.0716. The lowest BCUT2D eigenvalue weighted by atomic mass is 9.96. The Morgan fingerprint density at radius 2 is 2.00 bits per heavy atom. The molecule has 1 aromatic rings. The van der Waals surface area contributed by atoms with E-state index in [2.05, 4.69) is 0 Å². The maximum absolute atomic E-state index is 12.4. The van der Waals surface area contributed by atoms with Crippen LogP contribution < -0.4 is 10.2 Å². The predicted octanol–water partition coefficient (Wildman–Crippen LogP) is 2.77. The van der Waals surface area contributed by atoms with E-state index < -0.39 is 37.1 Å². The molecule has 1 saturated heterocycles. The van der Waals surface area contributed by atoms with Crippen LogP contribution in [0.15, 0.2) is 24.3 Å². The van der Waals surface area contributed by atoms with Gasteiger partial charge in [0.15, 0.2) is 6.61 Å². The molecular weight excluding hydrogens is 377 g/mol. The second-order valence-electron chi connectivity index (χ2n) is 6.77. The zero-order valence-electron chi connectivity index (χ0n) is 15.7. The number of para-hydroxylation sites is 1. The van der Waals surface area contributed by atoms with E-state index >= 15 is 0 Å². The van der Waals surface area contributed by atoms with Crippen molar-refractivity contribution >= 4 is 23.5 Å². The van der Waals surface area contributed by atoms with Gasteiger partial charge in [0.05, 0.1) is 5.92 Å². The van der Waals surface area contributed by atoms with Gasteiger partial charge in [0, 0.05) is 18.7 Å². The summed E-state index contributed by atoms with van der Waals surface area (Å²) in [6.45, 7) is 1.88. The second-order valence-corrected chi connectivity index (χ2v) is 6.77. The fraction of sp³-hybridized carbons (Fsp3) is 0.526. The monoisotopic (exact) mass is 400 g/mol. The van der Waals surface area contributed by atoms with Gasteiger partial charge in [-0.2, -0.15) is 13.2 Å². The molecule has 6 nitrogen and oxygen atoms in total. The number of rotatable bonds is 7. The number of anilines is 1. The largest absolute Gasteiger partial charge is 0.455 e. The number of esters is 1. The van der Waals surface area contributed by atoms with Crippen molar-refractivity contribution in [3.8, 4) is 0 Å². The average Bonchev–Trinajstić information content (AvgIpc) is 3.04. The highest BCUT2D eigenvalue weighted by Gasteiger charge is 2.37. The molecular formula is C19H23F3N2O4. The van der Waals surface area contributed by atoms with Gasteiger partial charge < -0.3 is 15.0 Å². The number of ether oxygens (including phenoxy) is 1. The highest BCUT2D eigenvalue weighted by atomic mass is 19.4. The summed E-state index contributed by atoms with van der Waals surface area (Å²) in [5, 5.41) is 1.62. The summed E-state index contributed by atoms with van der Waals surface area (Å²) < 4.78 is 41.0. The lowest BCUT2D eigenvalue weighted by Crippen LogP contribution is -2.37. The van der Waals surface area contributed by atoms with Crippen LogP contribution in [0.5, 0.6) is 0 Å². The van der Waals surface area contributed by atoms with Gasteiger partial charge in [-0.1, -0.05) is 32.0 Å². The van der Waals surface area contributed by atoms with Crippen molar-refractivity contribution in [2.24, 2.45) is 5.92 Å². The molecule has 2 atom stereocenters. The molecule has 0 bridgehead atoms. The van der Waals surface area contributed by atoms with E-state index in [-0.39, 0.29) is 24.8 Å². The first-order chi connectivity index (χ1) is 13.1. The van der Waals surface area contributed by atoms with Crippen molar-refractivity contribution in [2.75, 3.05) is 24.6 Å². The number of hydrogen-bond donors (Lipinski definition) is 1. The summed E-state index contributed by atoms with van der Waals surface area (Å²) in [5.74, 6) is -2.60. The molecule has 154 valence electrons. The van der Waals surface area contributed by atoms with Crippen LogP contribution in [-0.2, 0) is 19.1 Å². The van der Waals surface area contributed by atoms with E-state index in [4.69, 9.17) is 4.74 Å². The Morgan fingerprint density at radius 1 is 1.32 bits per heavy atom. The Balaban J connectivity index is 1.96.